The number of urea groups is 4. The van der Waals surface area contributed by atoms with Crippen LogP contribution >= 0.6 is 22.6 Å². The molecule has 24 nitrogen and oxygen atoms in total. The van der Waals surface area contributed by atoms with Crippen LogP contribution in [0.15, 0.2) is 48.5 Å². The molecule has 91 heavy (non-hydrogen) atoms. The van der Waals surface area contributed by atoms with Gasteiger partial charge in [0.05, 0.1) is 0 Å². The van der Waals surface area contributed by atoms with Gasteiger partial charge in [-0.1, -0.05) is 0 Å². The normalized spacial score (nSPS) is 13.3. The van der Waals surface area contributed by atoms with Crippen LogP contribution in [0.1, 0.15) is 189 Å². The van der Waals surface area contributed by atoms with E-state index in [0.717, 1.165) is 3.57 Å². The number of esters is 6. The maximum atomic E-state index is 13.1. The summed E-state index contributed by atoms with van der Waals surface area (Å²) in [6, 6.07) is 8.65. The number of unbranched alkanes of at least 4 members (excludes halogenated alkanes) is 2. The molecular weight excluding hydrogens is 1390 g/mol. The zero-order valence-electron chi connectivity index (χ0n) is 57.8. The molecule has 0 radical (unpaired) electrons. The second-order valence-corrected chi connectivity index (χ2v) is 44.7. The van der Waals surface area contributed by atoms with Crippen LogP contribution in [-0.4, -0.2) is 149 Å². The zero-order valence-corrected chi connectivity index (χ0v) is 62.8. The van der Waals surface area contributed by atoms with Gasteiger partial charge in [-0.05, 0) is 204 Å². The number of halogens is 1. The van der Waals surface area contributed by atoms with Crippen molar-refractivity contribution in [3.63, 3.8) is 0 Å². The fourth-order valence-electron chi connectivity index (χ4n) is 7.80. The number of rotatable bonds is 27. The molecule has 0 aliphatic rings. The van der Waals surface area contributed by atoms with E-state index in [1.165, 1.54) is 3.58 Å². The summed E-state index contributed by atoms with van der Waals surface area (Å²) in [7, 11) is 0. The minimum Gasteiger partial charge on any atom is -0.460 e. The summed E-state index contributed by atoms with van der Waals surface area (Å²) in [5.74, 6) is -3.77. The van der Waals surface area contributed by atoms with E-state index in [1.54, 1.807) is 137 Å². The van der Waals surface area contributed by atoms with Crippen molar-refractivity contribution >= 4 is 116 Å². The molecule has 2 aromatic carbocycles. The smallest absolute Gasteiger partial charge is 0.329 e. The molecule has 2 rings (SSSR count). The van der Waals surface area contributed by atoms with Crippen LogP contribution in [0.25, 0.3) is 0 Å². The van der Waals surface area contributed by atoms with E-state index in [4.69, 9.17) is 28.4 Å². The number of anilines is 2. The van der Waals surface area contributed by atoms with Gasteiger partial charge < -0.3 is 60.3 Å². The van der Waals surface area contributed by atoms with Gasteiger partial charge in [-0.3, -0.25) is 9.59 Å². The minimum atomic E-state index is -2.17. The summed E-state index contributed by atoms with van der Waals surface area (Å²) in [5, 5.41) is 21.5. The number of carbonyl (C=O) groups excluding carboxylic acids is 10. The third-order valence-corrected chi connectivity index (χ3v) is 18.2. The summed E-state index contributed by atoms with van der Waals surface area (Å²) >= 11 is 0.00592. The van der Waals surface area contributed by atoms with E-state index >= 15 is 0 Å². The Kier molecular flexibility index (Phi) is 34.2. The molecule has 0 heterocycles. The van der Waals surface area contributed by atoms with Gasteiger partial charge in [0.25, 0.3) is 0 Å². The van der Waals surface area contributed by atoms with E-state index in [2.05, 4.69) is 92.1 Å². The predicted octanol–water partition coefficient (Wildman–Crippen LogP) is 10.8. The number of hydrogen-bond acceptors (Lipinski definition) is 16. The maximum absolute atomic E-state index is 13.1. The monoisotopic (exact) mass is 1500 g/mol. The second-order valence-electron chi connectivity index (χ2n) is 28.9. The fourth-order valence-corrected chi connectivity index (χ4v) is 11.5. The van der Waals surface area contributed by atoms with E-state index in [9.17, 15) is 47.9 Å². The van der Waals surface area contributed by atoms with Crippen LogP contribution in [0.5, 0.6) is 0 Å². The topological polar surface area (TPSA) is 322 Å². The van der Waals surface area contributed by atoms with Gasteiger partial charge in [-0.25, -0.2) is 33.6 Å². The molecule has 8 amide bonds. The van der Waals surface area contributed by atoms with Crippen molar-refractivity contribution in [2.75, 3.05) is 23.7 Å². The van der Waals surface area contributed by atoms with Crippen molar-refractivity contribution in [1.82, 2.24) is 31.9 Å². The molecule has 4 atom stereocenters. The Balaban J connectivity index is 0.000000912. The Morgan fingerprint density at radius 2 is 0.637 bits per heavy atom. The van der Waals surface area contributed by atoms with Crippen LogP contribution in [-0.2, 0) is 57.2 Å². The Morgan fingerprint density at radius 1 is 0.374 bits per heavy atom. The van der Waals surface area contributed by atoms with Gasteiger partial charge in [0.2, 0.25) is 0 Å². The third-order valence-electron chi connectivity index (χ3n) is 11.6. The minimum absolute atomic E-state index is 0.0641. The molecule has 2 aromatic rings. The van der Waals surface area contributed by atoms with Crippen LogP contribution in [0, 0.1) is 3.57 Å². The Labute approximate surface area is 557 Å². The van der Waals surface area contributed by atoms with Crippen molar-refractivity contribution in [2.45, 2.75) is 261 Å². The van der Waals surface area contributed by atoms with Crippen molar-refractivity contribution in [3.05, 3.63) is 52.1 Å². The van der Waals surface area contributed by atoms with Crippen LogP contribution in [0.2, 0.25) is 14.8 Å². The predicted molar refractivity (Wildman–Crippen MR) is 362 cm³/mol. The number of benzene rings is 2. The molecule has 0 aliphatic heterocycles. The SMILES string of the molecule is CC(C)(C)OC(=O)CC[C@H](NC(=O)N[C@@H](CCCCNC(=O)Nc1cc[c]([Sn]([CH3])([CH3])[CH3])cc1)C(=O)OC(C)(C)C)C(=O)OC(C)(C)C.CC(C)(C)OC(=O)CC[C@H](NC(=O)N[C@@H](CCCCNC(=O)Nc1ccc(I)cc1)C(=O)OC(C)(C)C)C(=O)OC(C)(C)C. The van der Waals surface area contributed by atoms with Gasteiger partial charge in [-0.2, -0.15) is 0 Å². The largest absolute Gasteiger partial charge is 0.460 e. The van der Waals surface area contributed by atoms with E-state index < -0.39 is 124 Å². The zero-order chi connectivity index (χ0) is 69.9. The van der Waals surface area contributed by atoms with Gasteiger partial charge in [-0.15, -0.1) is 0 Å². The quantitative estimate of drug-likeness (QED) is 0.0135. The number of hydrogen-bond donors (Lipinski definition) is 8. The van der Waals surface area contributed by atoms with Gasteiger partial charge in [0, 0.05) is 28.6 Å². The molecule has 0 saturated heterocycles. The second kappa shape index (κ2) is 37.5. The Hall–Kier alpha value is -6.13. The summed E-state index contributed by atoms with van der Waals surface area (Å²) in [5.41, 5.74) is -3.29. The first-order valence-electron chi connectivity index (χ1n) is 30.9. The first-order valence-corrected chi connectivity index (χ1v) is 42.0. The molecule has 0 spiro atoms. The van der Waals surface area contributed by atoms with Gasteiger partial charge >= 0.3 is 174 Å². The first-order chi connectivity index (χ1) is 41.5. The number of ether oxygens (including phenoxy) is 6. The molecule has 0 bridgehead atoms. The van der Waals surface area contributed by atoms with Crippen molar-refractivity contribution in [3.8, 4) is 0 Å². The van der Waals surface area contributed by atoms with Crippen LogP contribution < -0.4 is 46.1 Å². The van der Waals surface area contributed by atoms with Crippen molar-refractivity contribution < 1.29 is 76.4 Å². The summed E-state index contributed by atoms with van der Waals surface area (Å²) in [6.45, 7) is 31.5. The van der Waals surface area contributed by atoms with E-state index in [1.807, 2.05) is 24.3 Å². The van der Waals surface area contributed by atoms with Gasteiger partial charge in [0.15, 0.2) is 0 Å². The van der Waals surface area contributed by atoms with Crippen molar-refractivity contribution in [1.29, 1.82) is 0 Å². The fraction of sp³-hybridized carbons (Fsp3) is 0.662. The van der Waals surface area contributed by atoms with Gasteiger partial charge in [0.1, 0.15) is 51.7 Å². The first kappa shape index (κ1) is 82.9. The van der Waals surface area contributed by atoms with Crippen molar-refractivity contribution in [2.24, 2.45) is 0 Å². The van der Waals surface area contributed by atoms with Crippen LogP contribution in [0.3, 0.4) is 0 Å². The standard InChI is InChI=1S/C31H49IN4O8.C31H49N4O8.3CH3.Sn/c1-29(2,3)42-24(37)18-17-23(26(39)44-31(7,8)9)36-28(41)35-22(25(38)43-30(4,5)6)12-10-11-19-33-27(40)34-21-15-13-20(32)14-16-21;1-29(2,3)41-24(36)19-18-23(26(38)43-31(7,8)9)35-28(40)34-22(25(37)42-30(4,5)6)17-13-14-20-32-27(39)33-21-15-11-10-12-16-21;;;;/h13-16,22-23H,10-12,17-19H2,1-9H3,(H2,33,34,40)(H2,35,36,41);11-12,15-16,22-23H,13-14,17-20H2,1-9H3,(H2,32,33,39)(H2,34,35,40);3*1H3;/t2*22-,23-;;;;/m00..../s1. The van der Waals surface area contributed by atoms with E-state index in [0.29, 0.717) is 50.1 Å². The van der Waals surface area contributed by atoms with E-state index in [-0.39, 0.29) is 50.6 Å². The molecule has 0 aromatic heterocycles. The molecule has 514 valence electrons. The third kappa shape index (κ3) is 41.9. The summed E-state index contributed by atoms with van der Waals surface area (Å²) in [6.07, 6.45) is 2.05. The molecule has 0 fully saturated rings. The maximum Gasteiger partial charge on any atom is 0.329 e. The molecular formula is C65H107IN8O16Sn. The molecule has 8 N–H and O–H groups in total. The summed E-state index contributed by atoms with van der Waals surface area (Å²) in [4.78, 5) is 134. The molecule has 0 aliphatic carbocycles. The summed E-state index contributed by atoms with van der Waals surface area (Å²) < 4.78 is 35.0. The number of nitrogens with one attached hydrogen (secondary N) is 8. The average molecular weight is 1500 g/mol. The molecule has 0 saturated carbocycles. The van der Waals surface area contributed by atoms with Crippen LogP contribution in [0.4, 0.5) is 30.6 Å². The Morgan fingerprint density at radius 3 is 0.901 bits per heavy atom. The number of carbonyl (C=O) groups is 10. The molecule has 0 unspecified atom stereocenters. The number of amides is 8. The Bertz CT molecular complexity index is 2700. The molecule has 26 heteroatoms. The average Bonchev–Trinajstić information content (AvgIpc) is 1.14.